The molecule has 0 aliphatic heterocycles. The van der Waals surface area contributed by atoms with Crippen LogP contribution in [0.1, 0.15) is 12.5 Å². The number of hydrogen-bond donors (Lipinski definition) is 1. The van der Waals surface area contributed by atoms with Gasteiger partial charge >= 0.3 is 0 Å². The van der Waals surface area contributed by atoms with Gasteiger partial charge in [-0.25, -0.2) is 4.39 Å². The molecule has 0 atom stereocenters. The highest BCUT2D eigenvalue weighted by molar-refractivity contribution is 7.99. The highest BCUT2D eigenvalue weighted by Gasteiger charge is 2.07. The van der Waals surface area contributed by atoms with Gasteiger partial charge in [-0.15, -0.1) is 0 Å². The highest BCUT2D eigenvalue weighted by Crippen LogP contribution is 2.28. The van der Waals surface area contributed by atoms with Crippen LogP contribution >= 0.6 is 11.8 Å². The zero-order chi connectivity index (χ0) is 15.2. The molecule has 0 radical (unpaired) electrons. The van der Waals surface area contributed by atoms with Gasteiger partial charge in [-0.2, -0.15) is 8.78 Å². The molecule has 0 fully saturated rings. The van der Waals surface area contributed by atoms with E-state index in [9.17, 15) is 13.2 Å². The van der Waals surface area contributed by atoms with E-state index in [1.165, 1.54) is 6.07 Å². The maximum Gasteiger partial charge on any atom is 0.288 e. The Kier molecular flexibility index (Phi) is 5.70. The summed E-state index contributed by atoms with van der Waals surface area (Å²) in [4.78, 5) is 0.498. The first-order chi connectivity index (χ1) is 10.1. The minimum atomic E-state index is -2.43. The summed E-state index contributed by atoms with van der Waals surface area (Å²) < 4.78 is 38.5. The second kappa shape index (κ2) is 7.52. The normalized spacial score (nSPS) is 11.1. The smallest absolute Gasteiger partial charge is 0.288 e. The summed E-state index contributed by atoms with van der Waals surface area (Å²) in [5.41, 5.74) is 2.16. The number of benzene rings is 2. The lowest BCUT2D eigenvalue weighted by atomic mass is 10.0. The van der Waals surface area contributed by atoms with Gasteiger partial charge in [0.15, 0.2) is 0 Å². The maximum absolute atomic E-state index is 14.0. The van der Waals surface area contributed by atoms with Gasteiger partial charge in [0.2, 0.25) is 0 Å². The van der Waals surface area contributed by atoms with Crippen LogP contribution in [0.2, 0.25) is 0 Å². The average molecular weight is 311 g/mol. The minimum absolute atomic E-state index is 0.264. The number of nitrogens with one attached hydrogen (secondary N) is 1. The third-order valence-electron chi connectivity index (χ3n) is 3.03. The van der Waals surface area contributed by atoms with Crippen molar-refractivity contribution in [1.29, 1.82) is 0 Å². The summed E-state index contributed by atoms with van der Waals surface area (Å²) in [7, 11) is 0. The van der Waals surface area contributed by atoms with Crippen LogP contribution in [0.15, 0.2) is 47.4 Å². The van der Waals surface area contributed by atoms with Crippen molar-refractivity contribution in [2.24, 2.45) is 0 Å². The third-order valence-corrected chi connectivity index (χ3v) is 3.75. The zero-order valence-corrected chi connectivity index (χ0v) is 12.4. The quantitative estimate of drug-likeness (QED) is 0.760. The number of thioether (sulfide) groups is 1. The Hall–Kier alpha value is -1.46. The predicted octanol–water partition coefficient (Wildman–Crippen LogP) is 4.92. The third kappa shape index (κ3) is 4.51. The van der Waals surface area contributed by atoms with Crippen LogP contribution < -0.4 is 5.32 Å². The molecule has 112 valence electrons. The molecule has 0 saturated heterocycles. The molecule has 0 aliphatic rings. The number of rotatable bonds is 6. The predicted molar refractivity (Wildman–Crippen MR) is 81.1 cm³/mol. The fraction of sp³-hybridized carbons (Fsp3) is 0.250. The summed E-state index contributed by atoms with van der Waals surface area (Å²) in [6, 6.07) is 11.8. The minimum Gasteiger partial charge on any atom is -0.313 e. The molecule has 0 unspecified atom stereocenters. The summed E-state index contributed by atoms with van der Waals surface area (Å²) in [5, 5.41) is 3.08. The zero-order valence-electron chi connectivity index (χ0n) is 11.6. The molecule has 2 rings (SSSR count). The van der Waals surface area contributed by atoms with Crippen molar-refractivity contribution >= 4 is 11.8 Å². The second-order valence-corrected chi connectivity index (χ2v) is 5.55. The molecule has 0 amide bonds. The molecule has 0 aromatic heterocycles. The first-order valence-corrected chi connectivity index (χ1v) is 7.52. The molecule has 2 aromatic carbocycles. The van der Waals surface area contributed by atoms with E-state index in [4.69, 9.17) is 0 Å². The van der Waals surface area contributed by atoms with E-state index in [1.807, 2.05) is 13.0 Å². The molecule has 5 heteroatoms. The van der Waals surface area contributed by atoms with E-state index >= 15 is 0 Å². The standard InChI is InChI=1S/C16H16F3NS/c1-2-20-10-13-4-3-12(9-15(13)17)11-5-7-14(8-6-11)21-16(18)19/h3-9,16,20H,2,10H2,1H3. The summed E-state index contributed by atoms with van der Waals surface area (Å²) in [5.74, 6) is -2.70. The highest BCUT2D eigenvalue weighted by atomic mass is 32.2. The van der Waals surface area contributed by atoms with Crippen molar-refractivity contribution in [3.8, 4) is 11.1 Å². The van der Waals surface area contributed by atoms with Gasteiger partial charge in [0, 0.05) is 17.0 Å². The SMILES string of the molecule is CCNCc1ccc(-c2ccc(SC(F)F)cc2)cc1F. The van der Waals surface area contributed by atoms with Crippen LogP contribution in [-0.4, -0.2) is 12.3 Å². The number of hydrogen-bond acceptors (Lipinski definition) is 2. The topological polar surface area (TPSA) is 12.0 Å². The Morgan fingerprint density at radius 2 is 1.71 bits per heavy atom. The Bertz CT molecular complexity index is 585. The van der Waals surface area contributed by atoms with Crippen LogP contribution in [0, 0.1) is 5.82 Å². The molecule has 0 spiro atoms. The van der Waals surface area contributed by atoms with E-state index < -0.39 is 5.76 Å². The van der Waals surface area contributed by atoms with Crippen LogP contribution in [0.5, 0.6) is 0 Å². The molecule has 0 bridgehead atoms. The van der Waals surface area contributed by atoms with E-state index in [0.717, 1.165) is 17.7 Å². The largest absolute Gasteiger partial charge is 0.313 e. The lowest BCUT2D eigenvalue weighted by molar-refractivity contribution is 0.252. The summed E-state index contributed by atoms with van der Waals surface area (Å²) in [6.07, 6.45) is 0. The fourth-order valence-electron chi connectivity index (χ4n) is 1.96. The molecular weight excluding hydrogens is 295 g/mol. The van der Waals surface area contributed by atoms with E-state index in [-0.39, 0.29) is 5.82 Å². The van der Waals surface area contributed by atoms with Crippen molar-refractivity contribution in [3.63, 3.8) is 0 Å². The molecule has 1 nitrogen and oxygen atoms in total. The van der Waals surface area contributed by atoms with Crippen LogP contribution in [-0.2, 0) is 6.54 Å². The summed E-state index contributed by atoms with van der Waals surface area (Å²) >= 11 is 0.501. The van der Waals surface area contributed by atoms with E-state index in [1.54, 1.807) is 30.3 Å². The van der Waals surface area contributed by atoms with Crippen LogP contribution in [0.3, 0.4) is 0 Å². The van der Waals surface area contributed by atoms with Crippen LogP contribution in [0.25, 0.3) is 11.1 Å². The van der Waals surface area contributed by atoms with Crippen molar-refractivity contribution < 1.29 is 13.2 Å². The number of halogens is 3. The Balaban J connectivity index is 2.16. The molecule has 0 aliphatic carbocycles. The fourth-order valence-corrected chi connectivity index (χ4v) is 2.46. The Morgan fingerprint density at radius 3 is 2.29 bits per heavy atom. The van der Waals surface area contributed by atoms with Gasteiger partial charge in [-0.3, -0.25) is 0 Å². The van der Waals surface area contributed by atoms with Gasteiger partial charge in [-0.1, -0.05) is 43.0 Å². The molecule has 0 saturated carbocycles. The molecule has 1 N–H and O–H groups in total. The monoisotopic (exact) mass is 311 g/mol. The van der Waals surface area contributed by atoms with Crippen molar-refractivity contribution in [1.82, 2.24) is 5.32 Å². The van der Waals surface area contributed by atoms with Crippen molar-refractivity contribution in [2.45, 2.75) is 24.1 Å². The van der Waals surface area contributed by atoms with Crippen LogP contribution in [0.4, 0.5) is 13.2 Å². The molecular formula is C16H16F3NS. The van der Waals surface area contributed by atoms with E-state index in [2.05, 4.69) is 5.32 Å². The molecule has 0 heterocycles. The number of alkyl halides is 2. The Labute approximate surface area is 126 Å². The van der Waals surface area contributed by atoms with Gasteiger partial charge in [0.25, 0.3) is 5.76 Å². The lowest BCUT2D eigenvalue weighted by Crippen LogP contribution is -2.12. The first-order valence-electron chi connectivity index (χ1n) is 6.64. The second-order valence-electron chi connectivity index (χ2n) is 4.49. The first kappa shape index (κ1) is 15.9. The van der Waals surface area contributed by atoms with Crippen molar-refractivity contribution in [3.05, 3.63) is 53.8 Å². The van der Waals surface area contributed by atoms with Gasteiger partial charge in [0.05, 0.1) is 0 Å². The molecule has 2 aromatic rings. The lowest BCUT2D eigenvalue weighted by Gasteiger charge is -2.08. The Morgan fingerprint density at radius 1 is 1.05 bits per heavy atom. The molecule has 21 heavy (non-hydrogen) atoms. The maximum atomic E-state index is 14.0. The van der Waals surface area contributed by atoms with Crippen molar-refractivity contribution in [2.75, 3.05) is 6.54 Å². The van der Waals surface area contributed by atoms with Gasteiger partial charge in [0.1, 0.15) is 5.82 Å². The van der Waals surface area contributed by atoms with E-state index in [0.29, 0.717) is 28.8 Å². The van der Waals surface area contributed by atoms with Gasteiger partial charge in [-0.05, 0) is 35.9 Å². The summed E-state index contributed by atoms with van der Waals surface area (Å²) in [6.45, 7) is 3.24. The van der Waals surface area contributed by atoms with Gasteiger partial charge < -0.3 is 5.32 Å². The average Bonchev–Trinajstić information content (AvgIpc) is 2.46.